The molecule has 1 aromatic carbocycles. The van der Waals surface area contributed by atoms with E-state index in [2.05, 4.69) is 5.32 Å². The molecule has 2 heterocycles. The van der Waals surface area contributed by atoms with Crippen molar-refractivity contribution in [3.8, 4) is 11.5 Å². The molecule has 4 rings (SSSR count). The molecule has 0 aromatic heterocycles. The molecular weight excluding hydrogens is 332 g/mol. The van der Waals surface area contributed by atoms with Crippen molar-refractivity contribution in [2.75, 3.05) is 26.8 Å². The topological polar surface area (TPSA) is 60.0 Å². The van der Waals surface area contributed by atoms with Gasteiger partial charge in [0.1, 0.15) is 6.10 Å². The maximum absolute atomic E-state index is 12.5. The van der Waals surface area contributed by atoms with Crippen LogP contribution in [0.4, 0.5) is 4.79 Å². The summed E-state index contributed by atoms with van der Waals surface area (Å²) >= 11 is 0. The second-order valence-corrected chi connectivity index (χ2v) is 7.70. The van der Waals surface area contributed by atoms with E-state index in [0.29, 0.717) is 19.7 Å². The minimum atomic E-state index is -0.00802. The van der Waals surface area contributed by atoms with E-state index in [0.717, 1.165) is 30.8 Å². The van der Waals surface area contributed by atoms with Gasteiger partial charge in [0.2, 0.25) is 0 Å². The second-order valence-electron chi connectivity index (χ2n) is 7.70. The molecule has 1 aliphatic carbocycles. The van der Waals surface area contributed by atoms with Gasteiger partial charge in [-0.1, -0.05) is 31.4 Å². The number of nitrogens with zero attached hydrogens (tertiary/aromatic N) is 1. The van der Waals surface area contributed by atoms with Gasteiger partial charge in [0, 0.05) is 0 Å². The van der Waals surface area contributed by atoms with Crippen molar-refractivity contribution in [1.82, 2.24) is 10.2 Å². The van der Waals surface area contributed by atoms with Gasteiger partial charge in [-0.2, -0.15) is 0 Å². The zero-order chi connectivity index (χ0) is 18.0. The summed E-state index contributed by atoms with van der Waals surface area (Å²) in [6.45, 7) is 1.84. The molecule has 6 nitrogen and oxygen atoms in total. The fourth-order valence-corrected chi connectivity index (χ4v) is 4.32. The SMILES string of the molecule is COc1ccccc1OC1CN(C(=O)N[C@@H]2COC3(CCCCC3)C2)C1. The number of nitrogens with one attached hydrogen (secondary N) is 1. The van der Waals surface area contributed by atoms with Gasteiger partial charge in [0.05, 0.1) is 38.4 Å². The number of para-hydroxylation sites is 2. The van der Waals surface area contributed by atoms with Crippen LogP contribution in [0.25, 0.3) is 0 Å². The Morgan fingerprint density at radius 3 is 2.65 bits per heavy atom. The number of likely N-dealkylation sites (tertiary alicyclic amines) is 1. The summed E-state index contributed by atoms with van der Waals surface area (Å²) in [6.07, 6.45) is 7.04. The molecular formula is C20H28N2O4. The van der Waals surface area contributed by atoms with Crippen LogP contribution >= 0.6 is 0 Å². The molecule has 1 spiro atoms. The normalized spacial score (nSPS) is 25.0. The number of carbonyl (C=O) groups excluding carboxylic acids is 1. The molecule has 1 aromatic rings. The third-order valence-electron chi connectivity index (χ3n) is 5.80. The smallest absolute Gasteiger partial charge is 0.317 e. The molecule has 2 amide bonds. The van der Waals surface area contributed by atoms with Crippen molar-refractivity contribution in [2.24, 2.45) is 0 Å². The van der Waals surface area contributed by atoms with Crippen molar-refractivity contribution in [2.45, 2.75) is 56.3 Å². The number of amides is 2. The largest absolute Gasteiger partial charge is 0.493 e. The summed E-state index contributed by atoms with van der Waals surface area (Å²) < 4.78 is 17.3. The van der Waals surface area contributed by atoms with Gasteiger partial charge in [-0.15, -0.1) is 0 Å². The fourth-order valence-electron chi connectivity index (χ4n) is 4.32. The van der Waals surface area contributed by atoms with Crippen LogP contribution in [0.3, 0.4) is 0 Å². The van der Waals surface area contributed by atoms with Crippen LogP contribution in [0.15, 0.2) is 24.3 Å². The van der Waals surface area contributed by atoms with E-state index in [4.69, 9.17) is 14.2 Å². The zero-order valence-corrected chi connectivity index (χ0v) is 15.4. The maximum Gasteiger partial charge on any atom is 0.317 e. The Morgan fingerprint density at radius 1 is 1.19 bits per heavy atom. The Labute approximate surface area is 154 Å². The van der Waals surface area contributed by atoms with Crippen LogP contribution in [0.2, 0.25) is 0 Å². The first-order valence-electron chi connectivity index (χ1n) is 9.66. The van der Waals surface area contributed by atoms with E-state index in [1.165, 1.54) is 19.3 Å². The van der Waals surface area contributed by atoms with Gasteiger partial charge in [-0.3, -0.25) is 0 Å². The van der Waals surface area contributed by atoms with Crippen molar-refractivity contribution in [3.63, 3.8) is 0 Å². The Kier molecular flexibility index (Phi) is 4.94. The second kappa shape index (κ2) is 7.35. The lowest BCUT2D eigenvalue weighted by atomic mass is 9.82. The Hall–Kier alpha value is -1.95. The number of methoxy groups -OCH3 is 1. The van der Waals surface area contributed by atoms with E-state index in [1.54, 1.807) is 12.0 Å². The molecule has 6 heteroatoms. The summed E-state index contributed by atoms with van der Waals surface area (Å²) in [4.78, 5) is 14.3. The predicted octanol–water partition coefficient (Wildman–Crippen LogP) is 2.96. The van der Waals surface area contributed by atoms with E-state index >= 15 is 0 Å². The molecule has 0 bridgehead atoms. The van der Waals surface area contributed by atoms with Gasteiger partial charge in [-0.05, 0) is 31.4 Å². The van der Waals surface area contributed by atoms with Crippen molar-refractivity contribution in [3.05, 3.63) is 24.3 Å². The highest BCUT2D eigenvalue weighted by Gasteiger charge is 2.42. The molecule has 1 atom stereocenters. The highest BCUT2D eigenvalue weighted by Crippen LogP contribution is 2.39. The maximum atomic E-state index is 12.5. The molecule has 3 aliphatic rings. The summed E-state index contributed by atoms with van der Waals surface area (Å²) in [6, 6.07) is 7.72. The standard InChI is InChI=1S/C20H28N2O4/c1-24-17-7-3-4-8-18(17)26-16-12-22(13-16)19(23)21-15-11-20(25-14-15)9-5-2-6-10-20/h3-4,7-8,15-16H,2,5-6,9-14H2,1H3,(H,21,23)/t15-/m0/s1. The van der Waals surface area contributed by atoms with E-state index < -0.39 is 0 Å². The number of hydrogen-bond acceptors (Lipinski definition) is 4. The average molecular weight is 360 g/mol. The molecule has 0 radical (unpaired) electrons. The Bertz CT molecular complexity index is 638. The summed E-state index contributed by atoms with van der Waals surface area (Å²) in [5, 5.41) is 3.14. The lowest BCUT2D eigenvalue weighted by molar-refractivity contribution is -0.0246. The summed E-state index contributed by atoms with van der Waals surface area (Å²) in [5.74, 6) is 1.44. The third-order valence-corrected chi connectivity index (χ3v) is 5.80. The van der Waals surface area contributed by atoms with Crippen molar-refractivity contribution >= 4 is 6.03 Å². The van der Waals surface area contributed by atoms with E-state index in [9.17, 15) is 4.79 Å². The Balaban J connectivity index is 1.23. The number of hydrogen-bond donors (Lipinski definition) is 1. The predicted molar refractivity (Wildman–Crippen MR) is 97.7 cm³/mol. The van der Waals surface area contributed by atoms with Gasteiger partial charge >= 0.3 is 6.03 Å². The average Bonchev–Trinajstić information content (AvgIpc) is 3.00. The Morgan fingerprint density at radius 2 is 1.92 bits per heavy atom. The number of urea groups is 1. The van der Waals surface area contributed by atoms with Gasteiger partial charge < -0.3 is 24.4 Å². The molecule has 2 aliphatic heterocycles. The molecule has 142 valence electrons. The highest BCUT2D eigenvalue weighted by atomic mass is 16.5. The molecule has 1 saturated carbocycles. The molecule has 0 unspecified atom stereocenters. The van der Waals surface area contributed by atoms with Gasteiger partial charge in [0.25, 0.3) is 0 Å². The van der Waals surface area contributed by atoms with E-state index in [1.807, 2.05) is 24.3 Å². The van der Waals surface area contributed by atoms with Crippen LogP contribution in [-0.2, 0) is 4.74 Å². The first-order valence-corrected chi connectivity index (χ1v) is 9.66. The van der Waals surface area contributed by atoms with Crippen LogP contribution in [-0.4, -0.2) is 55.5 Å². The van der Waals surface area contributed by atoms with Crippen molar-refractivity contribution < 1.29 is 19.0 Å². The third kappa shape index (κ3) is 3.61. The van der Waals surface area contributed by atoms with Gasteiger partial charge in [-0.25, -0.2) is 4.79 Å². The van der Waals surface area contributed by atoms with Crippen LogP contribution in [0.1, 0.15) is 38.5 Å². The lowest BCUT2D eigenvalue weighted by Crippen LogP contribution is -2.60. The van der Waals surface area contributed by atoms with Gasteiger partial charge in [0.15, 0.2) is 11.5 Å². The number of benzene rings is 1. The molecule has 3 fully saturated rings. The monoisotopic (exact) mass is 360 g/mol. The lowest BCUT2D eigenvalue weighted by Gasteiger charge is -2.39. The highest BCUT2D eigenvalue weighted by molar-refractivity contribution is 5.75. The first kappa shape index (κ1) is 17.5. The van der Waals surface area contributed by atoms with Crippen LogP contribution in [0, 0.1) is 0 Å². The number of carbonyl (C=O) groups is 1. The van der Waals surface area contributed by atoms with E-state index in [-0.39, 0.29) is 23.8 Å². The molecule has 1 N–H and O–H groups in total. The number of ether oxygens (including phenoxy) is 3. The van der Waals surface area contributed by atoms with Crippen LogP contribution < -0.4 is 14.8 Å². The summed E-state index contributed by atoms with van der Waals surface area (Å²) in [5.41, 5.74) is 0.0284. The minimum absolute atomic E-state index is 0.00802. The zero-order valence-electron chi connectivity index (χ0n) is 15.4. The number of rotatable bonds is 4. The summed E-state index contributed by atoms with van der Waals surface area (Å²) in [7, 11) is 1.63. The molecule has 26 heavy (non-hydrogen) atoms. The van der Waals surface area contributed by atoms with Crippen LogP contribution in [0.5, 0.6) is 11.5 Å². The molecule has 2 saturated heterocycles. The minimum Gasteiger partial charge on any atom is -0.493 e. The fraction of sp³-hybridized carbons (Fsp3) is 0.650. The quantitative estimate of drug-likeness (QED) is 0.897. The first-order chi connectivity index (χ1) is 12.7. The van der Waals surface area contributed by atoms with Crippen molar-refractivity contribution in [1.29, 1.82) is 0 Å².